The molecule has 1 aliphatic carbocycles. The summed E-state index contributed by atoms with van der Waals surface area (Å²) in [7, 11) is -1.51. The third kappa shape index (κ3) is 4.25. The Morgan fingerprint density at radius 1 is 1.20 bits per heavy atom. The molecule has 5 nitrogen and oxygen atoms in total. The first-order valence-corrected chi connectivity index (χ1v) is 9.91. The van der Waals surface area contributed by atoms with E-state index in [1.54, 1.807) is 7.05 Å². The molecule has 1 aromatic rings. The maximum Gasteiger partial charge on any atom is 0.417 e. The number of hydrogen-bond acceptors (Lipinski definition) is 4. The van der Waals surface area contributed by atoms with Gasteiger partial charge in [-0.05, 0) is 43.7 Å². The lowest BCUT2D eigenvalue weighted by Crippen LogP contribution is -2.40. The molecule has 0 spiro atoms. The fourth-order valence-corrected chi connectivity index (χ4v) is 4.83. The number of hydrogen-bond donors (Lipinski definition) is 0. The number of nitrogens with zero attached hydrogens (tertiary/aromatic N) is 3. The zero-order chi connectivity index (χ0) is 18.2. The van der Waals surface area contributed by atoms with Gasteiger partial charge in [0.2, 0.25) is 10.0 Å². The highest BCUT2D eigenvalue weighted by molar-refractivity contribution is 7.90. The number of alkyl halides is 3. The highest BCUT2D eigenvalue weighted by atomic mass is 32.2. The van der Waals surface area contributed by atoms with Gasteiger partial charge in [0.15, 0.2) is 0 Å². The largest absolute Gasteiger partial charge is 0.417 e. The summed E-state index contributed by atoms with van der Waals surface area (Å²) in [5.74, 6) is 0.801. The number of anilines is 1. The quantitative estimate of drug-likeness (QED) is 0.792. The van der Waals surface area contributed by atoms with E-state index in [9.17, 15) is 21.6 Å². The molecule has 9 heteroatoms. The number of piperidine rings is 1. The molecule has 0 aromatic carbocycles. The second-order valence-electron chi connectivity index (χ2n) is 6.86. The number of halogens is 3. The predicted molar refractivity (Wildman–Crippen MR) is 88.7 cm³/mol. The number of aromatic nitrogens is 1. The molecule has 1 aromatic heterocycles. The van der Waals surface area contributed by atoms with Gasteiger partial charge in [-0.15, -0.1) is 0 Å². The van der Waals surface area contributed by atoms with Crippen molar-refractivity contribution in [2.75, 3.05) is 31.6 Å². The second-order valence-corrected chi connectivity index (χ2v) is 9.18. The highest BCUT2D eigenvalue weighted by Crippen LogP contribution is 2.32. The molecule has 1 aliphatic heterocycles. The van der Waals surface area contributed by atoms with Crippen LogP contribution in [0, 0.1) is 5.92 Å². The van der Waals surface area contributed by atoms with E-state index in [-0.39, 0.29) is 11.2 Å². The van der Waals surface area contributed by atoms with Gasteiger partial charge in [0.25, 0.3) is 0 Å². The second kappa shape index (κ2) is 6.75. The van der Waals surface area contributed by atoms with Crippen LogP contribution in [0.4, 0.5) is 19.0 Å². The van der Waals surface area contributed by atoms with Gasteiger partial charge in [0.05, 0.1) is 10.8 Å². The molecule has 2 fully saturated rings. The first-order valence-electron chi connectivity index (χ1n) is 8.41. The molecular formula is C16H22F3N3O2S. The van der Waals surface area contributed by atoms with Crippen molar-refractivity contribution >= 4 is 15.8 Å². The average molecular weight is 377 g/mol. The summed E-state index contributed by atoms with van der Waals surface area (Å²) in [6.45, 7) is 1.84. The molecule has 140 valence electrons. The van der Waals surface area contributed by atoms with E-state index in [1.807, 2.05) is 4.90 Å². The van der Waals surface area contributed by atoms with Crippen molar-refractivity contribution < 1.29 is 21.6 Å². The van der Waals surface area contributed by atoms with Crippen LogP contribution in [0.2, 0.25) is 0 Å². The number of rotatable bonds is 5. The van der Waals surface area contributed by atoms with Crippen LogP contribution in [0.25, 0.3) is 0 Å². The van der Waals surface area contributed by atoms with Crippen LogP contribution < -0.4 is 4.90 Å². The first kappa shape index (κ1) is 18.4. The Hall–Kier alpha value is -1.35. The van der Waals surface area contributed by atoms with Gasteiger partial charge in [0.1, 0.15) is 5.82 Å². The molecular weight excluding hydrogens is 355 g/mol. The highest BCUT2D eigenvalue weighted by Gasteiger charge is 2.39. The molecule has 1 saturated carbocycles. The van der Waals surface area contributed by atoms with Crippen LogP contribution in [0.1, 0.15) is 31.2 Å². The van der Waals surface area contributed by atoms with Gasteiger partial charge in [-0.2, -0.15) is 13.2 Å². The van der Waals surface area contributed by atoms with Crippen LogP contribution in [0.5, 0.6) is 0 Å². The van der Waals surface area contributed by atoms with E-state index in [4.69, 9.17) is 0 Å². The first-order chi connectivity index (χ1) is 11.7. The van der Waals surface area contributed by atoms with Gasteiger partial charge < -0.3 is 4.90 Å². The summed E-state index contributed by atoms with van der Waals surface area (Å²) in [5, 5.41) is -0.200. The van der Waals surface area contributed by atoms with Crippen LogP contribution in [-0.4, -0.2) is 49.6 Å². The third-order valence-corrected chi connectivity index (χ3v) is 7.24. The molecule has 3 rings (SSSR count). The minimum Gasteiger partial charge on any atom is -0.357 e. The van der Waals surface area contributed by atoms with E-state index in [0.717, 1.165) is 37.9 Å². The average Bonchev–Trinajstić information content (AvgIpc) is 3.40. The van der Waals surface area contributed by atoms with Gasteiger partial charge in [-0.1, -0.05) is 0 Å². The van der Waals surface area contributed by atoms with Gasteiger partial charge in [-0.3, -0.25) is 0 Å². The maximum absolute atomic E-state index is 12.6. The van der Waals surface area contributed by atoms with Crippen molar-refractivity contribution in [3.8, 4) is 0 Å². The SMILES string of the molecule is CN(CC1CCN(c2ccc(C(F)(F)F)cn2)CC1)S(=O)(=O)C1CC1. The Balaban J connectivity index is 1.53. The van der Waals surface area contributed by atoms with E-state index in [2.05, 4.69) is 4.98 Å². The van der Waals surface area contributed by atoms with Crippen molar-refractivity contribution in [2.24, 2.45) is 5.92 Å². The number of sulfonamides is 1. The Bertz CT molecular complexity index is 694. The summed E-state index contributed by atoms with van der Waals surface area (Å²) in [6, 6.07) is 2.44. The molecule has 0 bridgehead atoms. The lowest BCUT2D eigenvalue weighted by Gasteiger charge is -2.34. The minimum absolute atomic E-state index is 0.200. The summed E-state index contributed by atoms with van der Waals surface area (Å²) in [4.78, 5) is 5.88. The molecule has 0 atom stereocenters. The standard InChI is InChI=1S/C16H22F3N3O2S/c1-21(25(23,24)14-3-4-14)11-12-6-8-22(9-7-12)15-5-2-13(10-20-15)16(17,18)19/h2,5,10,12,14H,3-4,6-9,11H2,1H3. The topological polar surface area (TPSA) is 53.5 Å². The minimum atomic E-state index is -4.38. The van der Waals surface area contributed by atoms with E-state index >= 15 is 0 Å². The smallest absolute Gasteiger partial charge is 0.357 e. The van der Waals surface area contributed by atoms with Crippen LogP contribution >= 0.6 is 0 Å². The van der Waals surface area contributed by atoms with Crippen molar-refractivity contribution in [3.63, 3.8) is 0 Å². The van der Waals surface area contributed by atoms with Gasteiger partial charge in [0, 0.05) is 32.9 Å². The molecule has 0 amide bonds. The summed E-state index contributed by atoms with van der Waals surface area (Å²) in [6.07, 6.45) is -0.413. The molecule has 0 unspecified atom stereocenters. The summed E-state index contributed by atoms with van der Waals surface area (Å²) < 4.78 is 63.6. The molecule has 25 heavy (non-hydrogen) atoms. The maximum atomic E-state index is 12.6. The molecule has 1 saturated heterocycles. The number of pyridine rings is 1. The van der Waals surface area contributed by atoms with Crippen molar-refractivity contribution in [1.82, 2.24) is 9.29 Å². The van der Waals surface area contributed by atoms with Crippen LogP contribution in [-0.2, 0) is 16.2 Å². The fourth-order valence-electron chi connectivity index (χ4n) is 3.17. The van der Waals surface area contributed by atoms with E-state index in [1.165, 1.54) is 10.4 Å². The van der Waals surface area contributed by atoms with Crippen molar-refractivity contribution in [3.05, 3.63) is 23.9 Å². The summed E-state index contributed by atoms with van der Waals surface area (Å²) in [5.41, 5.74) is -0.752. The Labute approximate surface area is 145 Å². The molecule has 0 radical (unpaired) electrons. The zero-order valence-corrected chi connectivity index (χ0v) is 14.9. The third-order valence-electron chi connectivity index (χ3n) is 4.91. The summed E-state index contributed by atoms with van der Waals surface area (Å²) >= 11 is 0. The Morgan fingerprint density at radius 3 is 2.32 bits per heavy atom. The van der Waals surface area contributed by atoms with Crippen LogP contribution in [0.3, 0.4) is 0 Å². The molecule has 0 N–H and O–H groups in total. The Kier molecular flexibility index (Phi) is 4.98. The van der Waals surface area contributed by atoms with Gasteiger partial charge >= 0.3 is 6.18 Å². The van der Waals surface area contributed by atoms with Crippen molar-refractivity contribution in [2.45, 2.75) is 37.1 Å². The normalized spacial score (nSPS) is 20.3. The zero-order valence-electron chi connectivity index (χ0n) is 14.0. The lowest BCUT2D eigenvalue weighted by molar-refractivity contribution is -0.137. The molecule has 2 heterocycles. The molecule has 2 aliphatic rings. The predicted octanol–water partition coefficient (Wildman–Crippen LogP) is 2.74. The van der Waals surface area contributed by atoms with Crippen molar-refractivity contribution in [1.29, 1.82) is 0 Å². The van der Waals surface area contributed by atoms with Gasteiger partial charge in [-0.25, -0.2) is 17.7 Å². The van der Waals surface area contributed by atoms with E-state index < -0.39 is 21.8 Å². The lowest BCUT2D eigenvalue weighted by atomic mass is 9.97. The van der Waals surface area contributed by atoms with E-state index in [0.29, 0.717) is 25.5 Å². The van der Waals surface area contributed by atoms with Crippen LogP contribution in [0.15, 0.2) is 18.3 Å². The monoisotopic (exact) mass is 377 g/mol. The Morgan fingerprint density at radius 2 is 1.84 bits per heavy atom. The fraction of sp³-hybridized carbons (Fsp3) is 0.688.